The highest BCUT2D eigenvalue weighted by atomic mass is 16.5. The number of benzene rings is 2. The van der Waals surface area contributed by atoms with Crippen LogP contribution in [-0.4, -0.2) is 59.9 Å². The van der Waals surface area contributed by atoms with E-state index in [4.69, 9.17) is 4.74 Å². The van der Waals surface area contributed by atoms with Gasteiger partial charge < -0.3 is 14.5 Å². The highest BCUT2D eigenvalue weighted by molar-refractivity contribution is 5.94. The van der Waals surface area contributed by atoms with Gasteiger partial charge in [-0.15, -0.1) is 0 Å². The van der Waals surface area contributed by atoms with Gasteiger partial charge in [-0.1, -0.05) is 57.5 Å². The fraction of sp³-hybridized carbons (Fsp3) is 0.576. The van der Waals surface area contributed by atoms with E-state index in [2.05, 4.69) is 35.8 Å². The second-order valence-electron chi connectivity index (χ2n) is 11.5. The van der Waals surface area contributed by atoms with Crippen molar-refractivity contribution in [2.24, 2.45) is 5.92 Å². The molecule has 2 aliphatic rings. The average molecular weight is 534 g/mol. The number of anilines is 1. The summed E-state index contributed by atoms with van der Waals surface area (Å²) >= 11 is 0. The quantitative estimate of drug-likeness (QED) is 0.413. The van der Waals surface area contributed by atoms with Crippen LogP contribution in [0.25, 0.3) is 0 Å². The van der Waals surface area contributed by atoms with Crippen LogP contribution < -0.4 is 9.64 Å². The van der Waals surface area contributed by atoms with Crippen LogP contribution in [0.4, 0.5) is 5.69 Å². The van der Waals surface area contributed by atoms with E-state index in [9.17, 15) is 9.59 Å². The number of nitrogens with zero attached hydrogens (tertiary/aromatic N) is 3. The standard InChI is InChI=1S/C33H47N3O3/c1-5-32(37)36-21-19-28-11-9-12-29(35(28)20-18-25(3)4)24-34(23-27-10-7-8-13-31(27)36)33(38)22-26-14-16-30(17-15-26)39-6-2/h7-8,10,13-17,25,28-29H,5-6,9,11-12,18-24H2,1-4H3. The number of ether oxygens (including phenoxy) is 1. The first-order valence-corrected chi connectivity index (χ1v) is 15.0. The van der Waals surface area contributed by atoms with Crippen molar-refractivity contribution < 1.29 is 14.3 Å². The van der Waals surface area contributed by atoms with Crippen molar-refractivity contribution in [2.45, 2.75) is 91.3 Å². The number of hydrogen-bond acceptors (Lipinski definition) is 4. The molecular weight excluding hydrogens is 486 g/mol. The molecule has 2 aromatic carbocycles. The largest absolute Gasteiger partial charge is 0.494 e. The Bertz CT molecular complexity index is 1080. The zero-order valence-electron chi connectivity index (χ0n) is 24.4. The Morgan fingerprint density at radius 3 is 2.41 bits per heavy atom. The maximum absolute atomic E-state index is 13.9. The Balaban J connectivity index is 1.67. The van der Waals surface area contributed by atoms with E-state index in [1.165, 1.54) is 6.42 Å². The van der Waals surface area contributed by atoms with Crippen LogP contribution in [0, 0.1) is 5.92 Å². The van der Waals surface area contributed by atoms with Crippen molar-refractivity contribution in [1.82, 2.24) is 9.80 Å². The molecule has 212 valence electrons. The Kier molecular flexibility index (Phi) is 10.4. The predicted molar refractivity (Wildman–Crippen MR) is 158 cm³/mol. The number of fused-ring (bicyclic) bond motifs is 3. The Hall–Kier alpha value is -2.86. The first kappa shape index (κ1) is 29.1. The summed E-state index contributed by atoms with van der Waals surface area (Å²) in [5.74, 6) is 1.74. The number of piperidine rings is 1. The normalized spacial score (nSPS) is 20.3. The first-order valence-electron chi connectivity index (χ1n) is 15.0. The molecule has 0 aliphatic carbocycles. The second kappa shape index (κ2) is 14.0. The summed E-state index contributed by atoms with van der Waals surface area (Å²) in [6, 6.07) is 16.8. The van der Waals surface area contributed by atoms with E-state index in [0.717, 1.165) is 67.9 Å². The minimum Gasteiger partial charge on any atom is -0.494 e. The van der Waals surface area contributed by atoms with Crippen molar-refractivity contribution in [3.63, 3.8) is 0 Å². The molecule has 6 heteroatoms. The topological polar surface area (TPSA) is 53.1 Å². The number of carbonyl (C=O) groups excluding carboxylic acids is 2. The summed E-state index contributed by atoms with van der Waals surface area (Å²) in [7, 11) is 0. The summed E-state index contributed by atoms with van der Waals surface area (Å²) in [5.41, 5.74) is 2.99. The summed E-state index contributed by atoms with van der Waals surface area (Å²) < 4.78 is 5.59. The molecular formula is C33H47N3O3. The van der Waals surface area contributed by atoms with E-state index < -0.39 is 0 Å². The Morgan fingerprint density at radius 1 is 0.949 bits per heavy atom. The minimum absolute atomic E-state index is 0.132. The smallest absolute Gasteiger partial charge is 0.227 e. The molecule has 1 fully saturated rings. The molecule has 1 saturated heterocycles. The van der Waals surface area contributed by atoms with Gasteiger partial charge in [0.15, 0.2) is 0 Å². The number of hydrogen-bond donors (Lipinski definition) is 0. The number of amides is 2. The maximum atomic E-state index is 13.9. The van der Waals surface area contributed by atoms with Crippen LogP contribution in [0.5, 0.6) is 5.75 Å². The summed E-state index contributed by atoms with van der Waals surface area (Å²) in [6.45, 7) is 12.1. The highest BCUT2D eigenvalue weighted by Gasteiger charge is 2.34. The molecule has 2 aliphatic heterocycles. The minimum atomic E-state index is 0.132. The van der Waals surface area contributed by atoms with Gasteiger partial charge in [0.1, 0.15) is 5.75 Å². The molecule has 2 atom stereocenters. The van der Waals surface area contributed by atoms with E-state index in [0.29, 0.717) is 44.0 Å². The molecule has 0 saturated carbocycles. The van der Waals surface area contributed by atoms with E-state index >= 15 is 0 Å². The molecule has 39 heavy (non-hydrogen) atoms. The van der Waals surface area contributed by atoms with Crippen molar-refractivity contribution in [2.75, 3.05) is 31.1 Å². The predicted octanol–water partition coefficient (Wildman–Crippen LogP) is 6.07. The molecule has 4 rings (SSSR count). The van der Waals surface area contributed by atoms with Crippen molar-refractivity contribution in [3.05, 3.63) is 59.7 Å². The van der Waals surface area contributed by atoms with Crippen LogP contribution in [0.2, 0.25) is 0 Å². The molecule has 6 nitrogen and oxygen atoms in total. The van der Waals surface area contributed by atoms with Gasteiger partial charge in [0, 0.05) is 43.8 Å². The average Bonchev–Trinajstić information content (AvgIpc) is 2.94. The summed E-state index contributed by atoms with van der Waals surface area (Å²) in [4.78, 5) is 33.9. The second-order valence-corrected chi connectivity index (χ2v) is 11.5. The van der Waals surface area contributed by atoms with Gasteiger partial charge in [0.05, 0.1) is 13.0 Å². The molecule has 2 unspecified atom stereocenters. The lowest BCUT2D eigenvalue weighted by Gasteiger charge is -2.44. The van der Waals surface area contributed by atoms with Gasteiger partial charge in [0.25, 0.3) is 0 Å². The zero-order valence-corrected chi connectivity index (χ0v) is 24.4. The molecule has 2 amide bonds. The molecule has 0 spiro atoms. The first-order chi connectivity index (χ1) is 18.9. The maximum Gasteiger partial charge on any atom is 0.227 e. The zero-order chi connectivity index (χ0) is 27.8. The summed E-state index contributed by atoms with van der Waals surface area (Å²) in [5, 5.41) is 0. The third-order valence-corrected chi connectivity index (χ3v) is 8.28. The fourth-order valence-corrected chi connectivity index (χ4v) is 6.13. The van der Waals surface area contributed by atoms with Crippen molar-refractivity contribution in [1.29, 1.82) is 0 Å². The summed E-state index contributed by atoms with van der Waals surface area (Å²) in [6.07, 6.45) is 6.38. The molecule has 0 aromatic heterocycles. The van der Waals surface area contributed by atoms with Crippen LogP contribution in [0.3, 0.4) is 0 Å². The monoisotopic (exact) mass is 533 g/mol. The number of carbonyl (C=O) groups is 2. The van der Waals surface area contributed by atoms with E-state index in [-0.39, 0.29) is 11.8 Å². The molecule has 2 aromatic rings. The Morgan fingerprint density at radius 2 is 1.69 bits per heavy atom. The molecule has 0 radical (unpaired) electrons. The fourth-order valence-electron chi connectivity index (χ4n) is 6.13. The lowest BCUT2D eigenvalue weighted by atomic mass is 9.92. The van der Waals surface area contributed by atoms with Crippen molar-refractivity contribution in [3.8, 4) is 5.75 Å². The van der Waals surface area contributed by atoms with Gasteiger partial charge in [-0.2, -0.15) is 0 Å². The van der Waals surface area contributed by atoms with Crippen LogP contribution in [-0.2, 0) is 22.6 Å². The molecule has 0 N–H and O–H groups in total. The van der Waals surface area contributed by atoms with Gasteiger partial charge in [-0.25, -0.2) is 0 Å². The number of rotatable bonds is 8. The third kappa shape index (κ3) is 7.63. The SMILES string of the molecule is CCOc1ccc(CC(=O)N2Cc3ccccc3N(C(=O)CC)CCC3CCCC(C2)N3CCC(C)C)cc1. The Labute approximate surface area is 235 Å². The van der Waals surface area contributed by atoms with Gasteiger partial charge >= 0.3 is 0 Å². The van der Waals surface area contributed by atoms with E-state index in [1.807, 2.05) is 55.1 Å². The van der Waals surface area contributed by atoms with Gasteiger partial charge in [0.2, 0.25) is 11.8 Å². The lowest BCUT2D eigenvalue weighted by Crippen LogP contribution is -2.53. The van der Waals surface area contributed by atoms with Gasteiger partial charge in [-0.05, 0) is 74.4 Å². The van der Waals surface area contributed by atoms with Crippen molar-refractivity contribution >= 4 is 17.5 Å². The van der Waals surface area contributed by atoms with Crippen LogP contribution in [0.15, 0.2) is 48.5 Å². The van der Waals surface area contributed by atoms with Gasteiger partial charge in [-0.3, -0.25) is 14.5 Å². The van der Waals surface area contributed by atoms with Crippen LogP contribution >= 0.6 is 0 Å². The highest BCUT2D eigenvalue weighted by Crippen LogP contribution is 2.31. The molecule has 2 bridgehead atoms. The third-order valence-electron chi connectivity index (χ3n) is 8.28. The van der Waals surface area contributed by atoms with Crippen LogP contribution in [0.1, 0.15) is 77.3 Å². The van der Waals surface area contributed by atoms with E-state index in [1.54, 1.807) is 0 Å². The molecule has 2 heterocycles. The number of para-hydroxylation sites is 1. The lowest BCUT2D eigenvalue weighted by molar-refractivity contribution is -0.132.